The first kappa shape index (κ1) is 15.0. The minimum absolute atomic E-state index is 0.273. The van der Waals surface area contributed by atoms with Crippen molar-refractivity contribution in [2.24, 2.45) is 0 Å². The van der Waals surface area contributed by atoms with Gasteiger partial charge in [-0.2, -0.15) is 5.10 Å². The van der Waals surface area contributed by atoms with Crippen molar-refractivity contribution >= 4 is 5.97 Å². The SMILES string of the molecule is CCOC(=O)C(C)n1nc(-c2ccccc2C)ccc1=O. The zero-order valence-corrected chi connectivity index (χ0v) is 12.4. The van der Waals surface area contributed by atoms with Crippen molar-refractivity contribution in [3.05, 3.63) is 52.3 Å². The van der Waals surface area contributed by atoms with Crippen molar-refractivity contribution in [3.63, 3.8) is 0 Å². The minimum atomic E-state index is -0.749. The van der Waals surface area contributed by atoms with E-state index in [2.05, 4.69) is 5.10 Å². The number of hydrogen-bond acceptors (Lipinski definition) is 4. The van der Waals surface area contributed by atoms with Crippen LogP contribution in [0.5, 0.6) is 0 Å². The highest BCUT2D eigenvalue weighted by molar-refractivity contribution is 5.73. The van der Waals surface area contributed by atoms with E-state index in [9.17, 15) is 9.59 Å². The van der Waals surface area contributed by atoms with Crippen molar-refractivity contribution in [1.29, 1.82) is 0 Å². The molecule has 0 spiro atoms. The molecule has 2 rings (SSSR count). The van der Waals surface area contributed by atoms with E-state index in [0.717, 1.165) is 11.1 Å². The predicted octanol–water partition coefficient (Wildman–Crippen LogP) is 2.34. The summed E-state index contributed by atoms with van der Waals surface area (Å²) in [4.78, 5) is 23.7. The number of esters is 1. The van der Waals surface area contributed by atoms with Gasteiger partial charge < -0.3 is 4.74 Å². The van der Waals surface area contributed by atoms with Crippen molar-refractivity contribution in [1.82, 2.24) is 9.78 Å². The molecule has 0 saturated carbocycles. The van der Waals surface area contributed by atoms with E-state index in [0.29, 0.717) is 5.69 Å². The second-order valence-electron chi connectivity index (χ2n) is 4.74. The Morgan fingerprint density at radius 3 is 2.67 bits per heavy atom. The van der Waals surface area contributed by atoms with Gasteiger partial charge in [0.2, 0.25) is 0 Å². The molecule has 5 heteroatoms. The normalized spacial score (nSPS) is 12.0. The second kappa shape index (κ2) is 6.35. The number of benzene rings is 1. The molecule has 0 saturated heterocycles. The van der Waals surface area contributed by atoms with Crippen LogP contribution in [0.1, 0.15) is 25.5 Å². The van der Waals surface area contributed by atoms with Crippen molar-refractivity contribution < 1.29 is 9.53 Å². The summed E-state index contributed by atoms with van der Waals surface area (Å²) < 4.78 is 6.11. The summed E-state index contributed by atoms with van der Waals surface area (Å²) in [6, 6.07) is 10.1. The number of nitrogens with zero attached hydrogens (tertiary/aromatic N) is 2. The Kier molecular flexibility index (Phi) is 4.52. The van der Waals surface area contributed by atoms with Gasteiger partial charge in [0.15, 0.2) is 6.04 Å². The lowest BCUT2D eigenvalue weighted by Crippen LogP contribution is -2.31. The Balaban J connectivity index is 2.45. The molecule has 1 aromatic carbocycles. The van der Waals surface area contributed by atoms with Gasteiger partial charge in [0.25, 0.3) is 5.56 Å². The van der Waals surface area contributed by atoms with Crippen LogP contribution in [0.15, 0.2) is 41.2 Å². The maximum Gasteiger partial charge on any atom is 0.330 e. The molecular weight excluding hydrogens is 268 g/mol. The van der Waals surface area contributed by atoms with Gasteiger partial charge in [-0.1, -0.05) is 24.3 Å². The van der Waals surface area contributed by atoms with Crippen molar-refractivity contribution in [3.8, 4) is 11.3 Å². The molecule has 0 fully saturated rings. The van der Waals surface area contributed by atoms with Crippen molar-refractivity contribution in [2.75, 3.05) is 6.61 Å². The number of carbonyl (C=O) groups excluding carboxylic acids is 1. The molecule has 0 radical (unpaired) electrons. The summed E-state index contributed by atoms with van der Waals surface area (Å²) >= 11 is 0. The minimum Gasteiger partial charge on any atom is -0.464 e. The topological polar surface area (TPSA) is 61.2 Å². The average Bonchev–Trinajstić information content (AvgIpc) is 2.48. The number of carbonyl (C=O) groups is 1. The van der Waals surface area contributed by atoms with Crippen LogP contribution >= 0.6 is 0 Å². The highest BCUT2D eigenvalue weighted by Gasteiger charge is 2.19. The molecule has 0 bridgehead atoms. The number of aryl methyl sites for hydroxylation is 1. The summed E-state index contributed by atoms with van der Waals surface area (Å²) in [5, 5.41) is 4.31. The molecule has 5 nitrogen and oxygen atoms in total. The van der Waals surface area contributed by atoms with E-state index in [1.54, 1.807) is 19.9 Å². The largest absolute Gasteiger partial charge is 0.464 e. The predicted molar refractivity (Wildman–Crippen MR) is 80.0 cm³/mol. The van der Waals surface area contributed by atoms with E-state index < -0.39 is 12.0 Å². The monoisotopic (exact) mass is 286 g/mol. The molecule has 1 aromatic heterocycles. The molecule has 0 aliphatic rings. The van der Waals surface area contributed by atoms with Crippen LogP contribution in [0.2, 0.25) is 0 Å². The summed E-state index contributed by atoms with van der Waals surface area (Å²) in [5.74, 6) is -0.464. The first-order valence-corrected chi connectivity index (χ1v) is 6.87. The fourth-order valence-corrected chi connectivity index (χ4v) is 2.07. The van der Waals surface area contributed by atoms with Crippen LogP contribution in [0.4, 0.5) is 0 Å². The fourth-order valence-electron chi connectivity index (χ4n) is 2.07. The van der Waals surface area contributed by atoms with Gasteiger partial charge in [0, 0.05) is 11.6 Å². The van der Waals surface area contributed by atoms with Crippen LogP contribution in [-0.2, 0) is 9.53 Å². The summed E-state index contributed by atoms with van der Waals surface area (Å²) in [7, 11) is 0. The van der Waals surface area contributed by atoms with Crippen molar-refractivity contribution in [2.45, 2.75) is 26.8 Å². The van der Waals surface area contributed by atoms with Gasteiger partial charge in [-0.25, -0.2) is 9.48 Å². The zero-order valence-electron chi connectivity index (χ0n) is 12.4. The highest BCUT2D eigenvalue weighted by atomic mass is 16.5. The molecule has 0 aliphatic heterocycles. The molecule has 0 aliphatic carbocycles. The van der Waals surface area contributed by atoms with Crippen LogP contribution in [0, 0.1) is 6.92 Å². The number of ether oxygens (including phenoxy) is 1. The maximum atomic E-state index is 11.9. The lowest BCUT2D eigenvalue weighted by atomic mass is 10.1. The number of aromatic nitrogens is 2. The van der Waals surface area contributed by atoms with E-state index in [1.807, 2.05) is 31.2 Å². The number of hydrogen-bond donors (Lipinski definition) is 0. The molecule has 21 heavy (non-hydrogen) atoms. The van der Waals surface area contributed by atoms with Gasteiger partial charge in [-0.3, -0.25) is 4.79 Å². The molecule has 0 amide bonds. The molecule has 2 aromatic rings. The molecule has 0 N–H and O–H groups in total. The summed E-state index contributed by atoms with van der Waals surface area (Å²) in [6.45, 7) is 5.58. The van der Waals surface area contributed by atoms with Crippen LogP contribution in [-0.4, -0.2) is 22.4 Å². The molecular formula is C16H18N2O3. The second-order valence-corrected chi connectivity index (χ2v) is 4.74. The van der Waals surface area contributed by atoms with E-state index in [-0.39, 0.29) is 12.2 Å². The molecule has 1 unspecified atom stereocenters. The highest BCUT2D eigenvalue weighted by Crippen LogP contribution is 2.20. The summed E-state index contributed by atoms with van der Waals surface area (Å²) in [5.41, 5.74) is 2.32. The maximum absolute atomic E-state index is 11.9. The van der Waals surface area contributed by atoms with E-state index in [1.165, 1.54) is 10.7 Å². The Hall–Kier alpha value is -2.43. The third-order valence-corrected chi connectivity index (χ3v) is 3.24. The smallest absolute Gasteiger partial charge is 0.330 e. The van der Waals surface area contributed by atoms with Crippen LogP contribution in [0.25, 0.3) is 11.3 Å². The Labute approximate surface area is 123 Å². The van der Waals surface area contributed by atoms with E-state index in [4.69, 9.17) is 4.74 Å². The third kappa shape index (κ3) is 3.18. The standard InChI is InChI=1S/C16H18N2O3/c1-4-21-16(20)12(3)18-15(19)10-9-14(17-18)13-8-6-5-7-11(13)2/h5-10,12H,4H2,1-3H3. The molecule has 1 heterocycles. The fraction of sp³-hybridized carbons (Fsp3) is 0.312. The molecule has 1 atom stereocenters. The zero-order chi connectivity index (χ0) is 15.4. The van der Waals surface area contributed by atoms with Crippen LogP contribution < -0.4 is 5.56 Å². The number of rotatable bonds is 4. The lowest BCUT2D eigenvalue weighted by molar-refractivity contribution is -0.147. The van der Waals surface area contributed by atoms with Gasteiger partial charge in [0.1, 0.15) is 0 Å². The first-order valence-electron chi connectivity index (χ1n) is 6.87. The average molecular weight is 286 g/mol. The molecule has 110 valence electrons. The Bertz CT molecular complexity index is 707. The third-order valence-electron chi connectivity index (χ3n) is 3.24. The summed E-state index contributed by atoms with van der Waals surface area (Å²) in [6.07, 6.45) is 0. The lowest BCUT2D eigenvalue weighted by Gasteiger charge is -2.14. The Morgan fingerprint density at radius 1 is 1.29 bits per heavy atom. The van der Waals surface area contributed by atoms with Gasteiger partial charge in [0.05, 0.1) is 12.3 Å². The first-order chi connectivity index (χ1) is 10.0. The van der Waals surface area contributed by atoms with Gasteiger partial charge in [-0.15, -0.1) is 0 Å². The quantitative estimate of drug-likeness (QED) is 0.809. The van der Waals surface area contributed by atoms with Crippen LogP contribution in [0.3, 0.4) is 0 Å². The van der Waals surface area contributed by atoms with E-state index >= 15 is 0 Å². The van der Waals surface area contributed by atoms with Gasteiger partial charge in [-0.05, 0) is 32.4 Å². The Morgan fingerprint density at radius 2 is 2.00 bits per heavy atom. The van der Waals surface area contributed by atoms with Gasteiger partial charge >= 0.3 is 5.97 Å².